The number of carbonyl (C=O) groups is 2. The Kier molecular flexibility index (Phi) is 5.45. The second-order valence-electron chi connectivity index (χ2n) is 3.52. The number of sulfonamides is 1. The zero-order valence-corrected chi connectivity index (χ0v) is 11.8. The van der Waals surface area contributed by atoms with Gasteiger partial charge in [-0.05, 0) is 18.4 Å². The SMILES string of the molecule is CCNC(=O)CCNS(=O)(=O)c1ccsc1C(=O)O. The predicted molar refractivity (Wildman–Crippen MR) is 69.8 cm³/mol. The van der Waals surface area contributed by atoms with Crippen LogP contribution in [0, 0.1) is 0 Å². The van der Waals surface area contributed by atoms with Crippen molar-refractivity contribution in [2.45, 2.75) is 18.2 Å². The summed E-state index contributed by atoms with van der Waals surface area (Å²) in [5, 5.41) is 12.8. The highest BCUT2D eigenvalue weighted by Crippen LogP contribution is 2.21. The first-order valence-electron chi connectivity index (χ1n) is 5.45. The maximum Gasteiger partial charge on any atom is 0.347 e. The van der Waals surface area contributed by atoms with E-state index in [1.165, 1.54) is 11.4 Å². The molecule has 0 saturated heterocycles. The lowest BCUT2D eigenvalue weighted by atomic mass is 10.4. The number of aromatic carboxylic acids is 1. The second kappa shape index (κ2) is 6.64. The van der Waals surface area contributed by atoms with Crippen molar-refractivity contribution in [3.63, 3.8) is 0 Å². The molecule has 0 radical (unpaired) electrons. The highest BCUT2D eigenvalue weighted by molar-refractivity contribution is 7.89. The quantitative estimate of drug-likeness (QED) is 0.668. The van der Waals surface area contributed by atoms with Crippen molar-refractivity contribution in [2.24, 2.45) is 0 Å². The molecule has 1 heterocycles. The van der Waals surface area contributed by atoms with E-state index in [0.717, 1.165) is 11.3 Å². The number of carboxylic acid groups (broad SMARTS) is 1. The number of amides is 1. The fourth-order valence-corrected chi connectivity index (χ4v) is 3.62. The van der Waals surface area contributed by atoms with E-state index in [-0.39, 0.29) is 28.6 Å². The molecular weight excluding hydrogens is 292 g/mol. The summed E-state index contributed by atoms with van der Waals surface area (Å²) in [6.45, 7) is 2.15. The first-order valence-corrected chi connectivity index (χ1v) is 7.82. The van der Waals surface area contributed by atoms with E-state index < -0.39 is 16.0 Å². The van der Waals surface area contributed by atoms with Gasteiger partial charge in [-0.15, -0.1) is 11.3 Å². The summed E-state index contributed by atoms with van der Waals surface area (Å²) in [5.74, 6) is -1.56. The molecule has 1 amide bonds. The summed E-state index contributed by atoms with van der Waals surface area (Å²) in [6.07, 6.45) is -0.000385. The fraction of sp³-hybridized carbons (Fsp3) is 0.400. The fourth-order valence-electron chi connectivity index (χ4n) is 1.33. The molecule has 0 unspecified atom stereocenters. The third-order valence-electron chi connectivity index (χ3n) is 2.13. The van der Waals surface area contributed by atoms with Gasteiger partial charge >= 0.3 is 5.97 Å². The Labute approximate surface area is 114 Å². The van der Waals surface area contributed by atoms with Crippen LogP contribution < -0.4 is 10.0 Å². The van der Waals surface area contributed by atoms with E-state index in [1.54, 1.807) is 6.92 Å². The molecule has 1 aromatic heterocycles. The van der Waals surface area contributed by atoms with Crippen LogP contribution in [0.4, 0.5) is 0 Å². The topological polar surface area (TPSA) is 113 Å². The van der Waals surface area contributed by atoms with Crippen LogP contribution in [0.5, 0.6) is 0 Å². The number of hydrogen-bond donors (Lipinski definition) is 3. The average Bonchev–Trinajstić information content (AvgIpc) is 2.78. The Balaban J connectivity index is 2.69. The van der Waals surface area contributed by atoms with Gasteiger partial charge in [-0.3, -0.25) is 4.79 Å². The van der Waals surface area contributed by atoms with Gasteiger partial charge < -0.3 is 10.4 Å². The number of rotatable bonds is 7. The van der Waals surface area contributed by atoms with Crippen molar-refractivity contribution < 1.29 is 23.1 Å². The lowest BCUT2D eigenvalue weighted by Crippen LogP contribution is -2.31. The molecule has 0 spiro atoms. The lowest BCUT2D eigenvalue weighted by Gasteiger charge is -2.06. The van der Waals surface area contributed by atoms with Gasteiger partial charge in [0.05, 0.1) is 0 Å². The smallest absolute Gasteiger partial charge is 0.347 e. The minimum atomic E-state index is -3.90. The molecule has 0 saturated carbocycles. The van der Waals surface area contributed by atoms with Crippen molar-refractivity contribution in [1.29, 1.82) is 0 Å². The van der Waals surface area contributed by atoms with E-state index >= 15 is 0 Å². The van der Waals surface area contributed by atoms with Crippen LogP contribution in [-0.2, 0) is 14.8 Å². The number of hydrogen-bond acceptors (Lipinski definition) is 5. The minimum Gasteiger partial charge on any atom is -0.477 e. The van der Waals surface area contributed by atoms with Crippen LogP contribution in [-0.4, -0.2) is 38.5 Å². The predicted octanol–water partition coefficient (Wildman–Crippen LogP) is 0.251. The van der Waals surface area contributed by atoms with Crippen LogP contribution >= 0.6 is 11.3 Å². The molecule has 1 rings (SSSR count). The average molecular weight is 306 g/mol. The minimum absolute atomic E-state index is 0.000385. The summed E-state index contributed by atoms with van der Waals surface area (Å²) in [4.78, 5) is 21.5. The Morgan fingerprint density at radius 1 is 1.42 bits per heavy atom. The summed E-state index contributed by atoms with van der Waals surface area (Å²) in [6, 6.07) is 1.22. The molecule has 19 heavy (non-hydrogen) atoms. The molecule has 0 aromatic carbocycles. The Bertz CT molecular complexity index is 564. The first-order chi connectivity index (χ1) is 8.88. The molecule has 3 N–H and O–H groups in total. The van der Waals surface area contributed by atoms with E-state index in [9.17, 15) is 18.0 Å². The van der Waals surface area contributed by atoms with Gasteiger partial charge in [-0.2, -0.15) is 0 Å². The molecule has 0 aliphatic heterocycles. The Morgan fingerprint density at radius 3 is 2.68 bits per heavy atom. The largest absolute Gasteiger partial charge is 0.477 e. The summed E-state index contributed by atoms with van der Waals surface area (Å²) in [7, 11) is -3.90. The van der Waals surface area contributed by atoms with Gasteiger partial charge in [0, 0.05) is 19.5 Å². The third-order valence-corrected chi connectivity index (χ3v) is 4.67. The highest BCUT2D eigenvalue weighted by atomic mass is 32.2. The van der Waals surface area contributed by atoms with Crippen LogP contribution in [0.3, 0.4) is 0 Å². The Morgan fingerprint density at radius 2 is 2.11 bits per heavy atom. The van der Waals surface area contributed by atoms with E-state index in [4.69, 9.17) is 5.11 Å². The zero-order chi connectivity index (χ0) is 14.5. The second-order valence-corrected chi connectivity index (χ2v) is 6.17. The highest BCUT2D eigenvalue weighted by Gasteiger charge is 2.23. The van der Waals surface area contributed by atoms with E-state index in [1.807, 2.05) is 0 Å². The summed E-state index contributed by atoms with van der Waals surface area (Å²) < 4.78 is 25.9. The van der Waals surface area contributed by atoms with Crippen LogP contribution in [0.2, 0.25) is 0 Å². The molecule has 0 fully saturated rings. The van der Waals surface area contributed by atoms with Crippen molar-refractivity contribution in [1.82, 2.24) is 10.0 Å². The van der Waals surface area contributed by atoms with Gasteiger partial charge in [-0.1, -0.05) is 0 Å². The summed E-state index contributed by atoms with van der Waals surface area (Å²) in [5.41, 5.74) is 0. The number of carbonyl (C=O) groups excluding carboxylic acids is 1. The molecule has 106 valence electrons. The van der Waals surface area contributed by atoms with Gasteiger partial charge in [0.25, 0.3) is 0 Å². The zero-order valence-electron chi connectivity index (χ0n) is 10.2. The van der Waals surface area contributed by atoms with Gasteiger partial charge in [0.2, 0.25) is 15.9 Å². The monoisotopic (exact) mass is 306 g/mol. The summed E-state index contributed by atoms with van der Waals surface area (Å²) >= 11 is 0.834. The number of thiophene rings is 1. The maximum absolute atomic E-state index is 11.9. The lowest BCUT2D eigenvalue weighted by molar-refractivity contribution is -0.120. The van der Waals surface area contributed by atoms with Crippen LogP contribution in [0.1, 0.15) is 23.0 Å². The van der Waals surface area contributed by atoms with Crippen molar-refractivity contribution in [2.75, 3.05) is 13.1 Å². The molecule has 0 aliphatic carbocycles. The van der Waals surface area contributed by atoms with Crippen molar-refractivity contribution >= 4 is 33.2 Å². The standard InChI is InChI=1S/C10H14N2O5S2/c1-2-11-8(13)3-5-12-19(16,17)7-4-6-18-9(7)10(14)15/h4,6,12H,2-3,5H2,1H3,(H,11,13)(H,14,15). The Hall–Kier alpha value is -1.45. The van der Waals surface area contributed by atoms with Crippen molar-refractivity contribution in [3.8, 4) is 0 Å². The van der Waals surface area contributed by atoms with E-state index in [0.29, 0.717) is 6.54 Å². The molecule has 1 aromatic rings. The normalized spacial score (nSPS) is 11.2. The van der Waals surface area contributed by atoms with Gasteiger partial charge in [0.1, 0.15) is 9.77 Å². The molecule has 7 nitrogen and oxygen atoms in total. The van der Waals surface area contributed by atoms with Crippen molar-refractivity contribution in [3.05, 3.63) is 16.3 Å². The molecule has 9 heteroatoms. The van der Waals surface area contributed by atoms with E-state index in [2.05, 4.69) is 10.0 Å². The number of carboxylic acids is 1. The number of nitrogens with one attached hydrogen (secondary N) is 2. The first kappa shape index (κ1) is 15.6. The third kappa shape index (κ3) is 4.30. The molecule has 0 atom stereocenters. The molecule has 0 bridgehead atoms. The van der Waals surface area contributed by atoms with Crippen LogP contribution in [0.15, 0.2) is 16.3 Å². The van der Waals surface area contributed by atoms with Gasteiger partial charge in [0.15, 0.2) is 0 Å². The molecular formula is C10H14N2O5S2. The maximum atomic E-state index is 11.9. The molecule has 0 aliphatic rings. The van der Waals surface area contributed by atoms with Crippen LogP contribution in [0.25, 0.3) is 0 Å². The van der Waals surface area contributed by atoms with Gasteiger partial charge in [-0.25, -0.2) is 17.9 Å².